The number of thiocarbonyl (C=S) groups is 1. The standard InChI is InChI=1S/C29H21BrN2O3S/c1-18-8-13-23(16-19(18)2)32-28(34)25(27(33)31(29(32)36)22-6-4-3-5-7-22)17-24-14-15-26(35-24)20-9-11-21(30)12-10-20/h3-17H,1-2H3/b25-17+. The number of furan rings is 1. The maximum absolute atomic E-state index is 13.7. The number of hydrogen-bond acceptors (Lipinski definition) is 4. The molecule has 0 spiro atoms. The van der Waals surface area contributed by atoms with Crippen LogP contribution in [0.5, 0.6) is 0 Å². The Bertz CT molecular complexity index is 1520. The lowest BCUT2D eigenvalue weighted by Gasteiger charge is -2.36. The summed E-state index contributed by atoms with van der Waals surface area (Å²) in [5, 5.41) is 0.103. The van der Waals surface area contributed by atoms with E-state index < -0.39 is 11.8 Å². The number of rotatable bonds is 4. The Morgan fingerprint density at radius 3 is 2.11 bits per heavy atom. The highest BCUT2D eigenvalue weighted by molar-refractivity contribution is 9.10. The van der Waals surface area contributed by atoms with Crippen LogP contribution >= 0.6 is 28.1 Å². The van der Waals surface area contributed by atoms with Gasteiger partial charge in [-0.2, -0.15) is 0 Å². The van der Waals surface area contributed by atoms with E-state index in [-0.39, 0.29) is 10.7 Å². The summed E-state index contributed by atoms with van der Waals surface area (Å²) in [4.78, 5) is 30.1. The highest BCUT2D eigenvalue weighted by atomic mass is 79.9. The topological polar surface area (TPSA) is 53.8 Å². The lowest BCUT2D eigenvalue weighted by molar-refractivity contribution is -0.120. The third kappa shape index (κ3) is 4.43. The van der Waals surface area contributed by atoms with E-state index >= 15 is 0 Å². The van der Waals surface area contributed by atoms with Gasteiger partial charge >= 0.3 is 0 Å². The van der Waals surface area contributed by atoms with Crippen LogP contribution in [-0.4, -0.2) is 16.9 Å². The van der Waals surface area contributed by atoms with Crippen molar-refractivity contribution in [2.24, 2.45) is 0 Å². The lowest BCUT2D eigenvalue weighted by atomic mass is 10.1. The quantitative estimate of drug-likeness (QED) is 0.153. The molecule has 4 aromatic rings. The zero-order valence-electron chi connectivity index (χ0n) is 19.6. The molecule has 0 saturated carbocycles. The molecule has 0 radical (unpaired) electrons. The first-order valence-corrected chi connectivity index (χ1v) is 12.5. The molecule has 2 heterocycles. The number of para-hydroxylation sites is 1. The summed E-state index contributed by atoms with van der Waals surface area (Å²) >= 11 is 9.12. The molecule has 0 aliphatic carbocycles. The van der Waals surface area contributed by atoms with Gasteiger partial charge in [0.25, 0.3) is 11.8 Å². The van der Waals surface area contributed by atoms with E-state index in [4.69, 9.17) is 16.6 Å². The molecule has 1 saturated heterocycles. The van der Waals surface area contributed by atoms with E-state index in [9.17, 15) is 9.59 Å². The van der Waals surface area contributed by atoms with Crippen molar-refractivity contribution in [2.75, 3.05) is 9.80 Å². The van der Waals surface area contributed by atoms with Crippen LogP contribution in [0.25, 0.3) is 17.4 Å². The molecule has 1 aliphatic rings. The molecule has 3 aromatic carbocycles. The number of carbonyl (C=O) groups is 2. The fourth-order valence-corrected chi connectivity index (χ4v) is 4.61. The fraction of sp³-hybridized carbons (Fsp3) is 0.0690. The number of anilines is 2. The Labute approximate surface area is 222 Å². The summed E-state index contributed by atoms with van der Waals surface area (Å²) in [6, 6.07) is 26.0. The molecule has 1 aromatic heterocycles. The molecule has 2 amide bonds. The van der Waals surface area contributed by atoms with Gasteiger partial charge in [0.1, 0.15) is 17.1 Å². The maximum atomic E-state index is 13.7. The molecule has 7 heteroatoms. The Hall–Kier alpha value is -3.81. The second kappa shape index (κ2) is 9.68. The predicted molar refractivity (Wildman–Crippen MR) is 150 cm³/mol. The van der Waals surface area contributed by atoms with Gasteiger partial charge in [-0.25, -0.2) is 0 Å². The van der Waals surface area contributed by atoms with Gasteiger partial charge < -0.3 is 4.42 Å². The minimum absolute atomic E-state index is 0.0395. The Kier molecular flexibility index (Phi) is 6.43. The Morgan fingerprint density at radius 1 is 0.778 bits per heavy atom. The summed E-state index contributed by atoms with van der Waals surface area (Å²) in [7, 11) is 0. The highest BCUT2D eigenvalue weighted by Crippen LogP contribution is 2.32. The summed E-state index contributed by atoms with van der Waals surface area (Å²) in [5.74, 6) is 0.0249. The molecule has 0 atom stereocenters. The molecule has 178 valence electrons. The minimum Gasteiger partial charge on any atom is -0.457 e. The van der Waals surface area contributed by atoms with Gasteiger partial charge in [0.2, 0.25) is 0 Å². The Balaban J connectivity index is 1.60. The maximum Gasteiger partial charge on any atom is 0.270 e. The number of amides is 2. The fourth-order valence-electron chi connectivity index (χ4n) is 3.97. The molecule has 0 N–H and O–H groups in total. The monoisotopic (exact) mass is 556 g/mol. The van der Waals surface area contributed by atoms with Crippen LogP contribution in [0.15, 0.2) is 99.4 Å². The van der Waals surface area contributed by atoms with Gasteiger partial charge in [0.15, 0.2) is 5.11 Å². The van der Waals surface area contributed by atoms with Crippen molar-refractivity contribution in [1.82, 2.24) is 0 Å². The molecule has 36 heavy (non-hydrogen) atoms. The summed E-state index contributed by atoms with van der Waals surface area (Å²) in [6.45, 7) is 3.97. The zero-order valence-corrected chi connectivity index (χ0v) is 22.0. The molecule has 0 bridgehead atoms. The number of benzene rings is 3. The third-order valence-electron chi connectivity index (χ3n) is 6.05. The van der Waals surface area contributed by atoms with Gasteiger partial charge in [0.05, 0.1) is 11.4 Å². The van der Waals surface area contributed by atoms with Gasteiger partial charge in [-0.05, 0) is 91.8 Å². The van der Waals surface area contributed by atoms with Gasteiger partial charge in [0, 0.05) is 10.0 Å². The first-order valence-electron chi connectivity index (χ1n) is 11.3. The molecule has 5 rings (SSSR count). The number of carbonyl (C=O) groups excluding carboxylic acids is 2. The zero-order chi connectivity index (χ0) is 25.4. The van der Waals surface area contributed by atoms with Gasteiger partial charge in [-0.3, -0.25) is 19.4 Å². The smallest absolute Gasteiger partial charge is 0.270 e. The average Bonchev–Trinajstić information content (AvgIpc) is 3.34. The predicted octanol–water partition coefficient (Wildman–Crippen LogP) is 7.07. The SMILES string of the molecule is Cc1ccc(N2C(=O)/C(=C/c3ccc(-c4ccc(Br)cc4)o3)C(=O)N(c3ccccc3)C2=S)cc1C. The van der Waals surface area contributed by atoms with Gasteiger partial charge in [-0.15, -0.1) is 0 Å². The van der Waals surface area contributed by atoms with Crippen LogP contribution in [0.4, 0.5) is 11.4 Å². The second-order valence-corrected chi connectivity index (χ2v) is 9.72. The number of nitrogens with zero attached hydrogens (tertiary/aromatic N) is 2. The number of halogens is 1. The van der Waals surface area contributed by atoms with Crippen LogP contribution in [0.2, 0.25) is 0 Å². The minimum atomic E-state index is -0.502. The summed E-state index contributed by atoms with van der Waals surface area (Å²) in [5.41, 5.74) is 4.13. The first-order chi connectivity index (χ1) is 17.3. The van der Waals surface area contributed by atoms with E-state index in [1.807, 2.05) is 80.6 Å². The Morgan fingerprint density at radius 2 is 1.44 bits per heavy atom. The first kappa shape index (κ1) is 23.9. The van der Waals surface area contributed by atoms with E-state index in [0.717, 1.165) is 21.2 Å². The number of hydrogen-bond donors (Lipinski definition) is 0. The highest BCUT2D eigenvalue weighted by Gasteiger charge is 2.41. The van der Waals surface area contributed by atoms with Crippen LogP contribution < -0.4 is 9.80 Å². The van der Waals surface area contributed by atoms with Crippen LogP contribution in [0, 0.1) is 13.8 Å². The van der Waals surface area contributed by atoms with Crippen molar-refractivity contribution in [3.63, 3.8) is 0 Å². The van der Waals surface area contributed by atoms with E-state index in [1.54, 1.807) is 18.2 Å². The molecule has 5 nitrogen and oxygen atoms in total. The normalized spacial score (nSPS) is 15.2. The second-order valence-electron chi connectivity index (χ2n) is 8.43. The van der Waals surface area contributed by atoms with Crippen molar-refractivity contribution in [1.29, 1.82) is 0 Å². The van der Waals surface area contributed by atoms with E-state index in [0.29, 0.717) is 22.9 Å². The van der Waals surface area contributed by atoms with Crippen molar-refractivity contribution < 1.29 is 14.0 Å². The molecule has 0 unspecified atom stereocenters. The molecule has 1 fully saturated rings. The van der Waals surface area contributed by atoms with Crippen molar-refractivity contribution in [2.45, 2.75) is 13.8 Å². The van der Waals surface area contributed by atoms with E-state index in [1.165, 1.54) is 15.9 Å². The number of aryl methyl sites for hydroxylation is 2. The molecular weight excluding hydrogens is 536 g/mol. The largest absolute Gasteiger partial charge is 0.457 e. The van der Waals surface area contributed by atoms with Crippen molar-refractivity contribution >= 4 is 62.5 Å². The average molecular weight is 557 g/mol. The molecular formula is C29H21BrN2O3S. The van der Waals surface area contributed by atoms with Crippen molar-refractivity contribution in [3.8, 4) is 11.3 Å². The third-order valence-corrected chi connectivity index (χ3v) is 6.95. The summed E-state index contributed by atoms with van der Waals surface area (Å²) < 4.78 is 6.95. The van der Waals surface area contributed by atoms with Crippen LogP contribution in [0.3, 0.4) is 0 Å². The lowest BCUT2D eigenvalue weighted by Crippen LogP contribution is -2.57. The van der Waals surface area contributed by atoms with Crippen LogP contribution in [0.1, 0.15) is 16.9 Å². The summed E-state index contributed by atoms with van der Waals surface area (Å²) in [6.07, 6.45) is 1.48. The van der Waals surface area contributed by atoms with Crippen LogP contribution in [-0.2, 0) is 9.59 Å². The van der Waals surface area contributed by atoms with Gasteiger partial charge in [-0.1, -0.05) is 52.3 Å². The van der Waals surface area contributed by atoms with Crippen molar-refractivity contribution in [3.05, 3.63) is 112 Å². The van der Waals surface area contributed by atoms with E-state index in [2.05, 4.69) is 15.9 Å². The molecule has 1 aliphatic heterocycles.